The average molecular weight is 891 g/mol. The molecule has 0 saturated carbocycles. The molecule has 1 rings (SSSR count). The molecule has 0 amide bonds. The first-order valence-corrected chi connectivity index (χ1v) is 25.0. The van der Waals surface area contributed by atoms with Crippen LogP contribution in [0.25, 0.3) is 0 Å². The van der Waals surface area contributed by atoms with E-state index in [1.165, 1.54) is 55.4 Å². The number of unbranched alkanes of at least 4 members (excludes halogenated alkanes) is 10. The van der Waals surface area contributed by atoms with E-state index < -0.39 is 32.5 Å². The Morgan fingerprint density at radius 2 is 1.24 bits per heavy atom. The zero-order valence-corrected chi connectivity index (χ0v) is 40.6. The lowest BCUT2D eigenvalue weighted by molar-refractivity contribution is -0.870. The second-order valence-corrected chi connectivity index (χ2v) is 18.6. The van der Waals surface area contributed by atoms with Gasteiger partial charge in [0.15, 0.2) is 6.10 Å². The Morgan fingerprint density at radius 1 is 0.694 bits per heavy atom. The maximum Gasteiger partial charge on any atom is 0.472 e. The second-order valence-electron chi connectivity index (χ2n) is 17.2. The summed E-state index contributed by atoms with van der Waals surface area (Å²) in [6.07, 6.45) is 37.6. The van der Waals surface area contributed by atoms with E-state index in [-0.39, 0.29) is 32.2 Å². The molecule has 0 aromatic carbocycles. The number of rotatable bonds is 38. The number of phosphoric acid groups is 1. The fraction of sp³-hybridized carbons (Fsp3) is 0.680. The van der Waals surface area contributed by atoms with Crippen LogP contribution in [0.15, 0.2) is 65.2 Å². The van der Waals surface area contributed by atoms with Crippen LogP contribution in [0.2, 0.25) is 0 Å². The van der Waals surface area contributed by atoms with E-state index in [1.54, 1.807) is 6.08 Å². The lowest BCUT2D eigenvalue weighted by Gasteiger charge is -2.24. The molecule has 1 unspecified atom stereocenters. The minimum atomic E-state index is -4.42. The number of aliphatic hydroxyl groups excluding tert-OH is 1. The topological polar surface area (TPSA) is 142 Å². The van der Waals surface area contributed by atoms with Crippen molar-refractivity contribution < 1.29 is 51.6 Å². The first kappa shape index (κ1) is 57.0. The summed E-state index contributed by atoms with van der Waals surface area (Å²) in [7, 11) is 1.39. The van der Waals surface area contributed by atoms with Crippen LogP contribution < -0.4 is 0 Å². The van der Waals surface area contributed by atoms with Crippen molar-refractivity contribution in [3.05, 3.63) is 83.4 Å². The molecular formula is C50H85NO10P+. The van der Waals surface area contributed by atoms with Gasteiger partial charge in [0.25, 0.3) is 0 Å². The van der Waals surface area contributed by atoms with E-state index in [0.29, 0.717) is 36.7 Å². The largest absolute Gasteiger partial charge is 0.472 e. The van der Waals surface area contributed by atoms with Crippen molar-refractivity contribution in [1.82, 2.24) is 0 Å². The number of quaternary nitrogens is 1. The van der Waals surface area contributed by atoms with E-state index in [9.17, 15) is 24.2 Å². The standard InChI is InChI=1S/C50H84NO10P/c1-8-10-29-35-47-43(3)44(4)48(61-47)36-31-26-22-19-20-23-27-32-37-49(53)57-41-46(42-59-62(55,56)58-40-39-51(5,6)7)60-50(54)38-33-28-24-18-16-14-12-11-13-15-17-21-25-30-34-45(52)9-2/h12-15,18,21,24-25,30,34,45-46,52H,8-11,16-17,19-20,22-23,26-29,31-33,35-42H2,1-7H3/p+1/b14-12-,15-13-,24-18-,25-21-,34-30+/t45-,46-/m1/s1. The summed E-state index contributed by atoms with van der Waals surface area (Å²) in [6, 6.07) is 0. The molecule has 0 aliphatic carbocycles. The lowest BCUT2D eigenvalue weighted by atomic mass is 10.0. The van der Waals surface area contributed by atoms with Crippen molar-refractivity contribution in [2.45, 2.75) is 175 Å². The van der Waals surface area contributed by atoms with E-state index in [2.05, 4.69) is 51.2 Å². The zero-order chi connectivity index (χ0) is 45.9. The van der Waals surface area contributed by atoms with Gasteiger partial charge in [0, 0.05) is 25.7 Å². The Kier molecular flexibility index (Phi) is 32.5. The third-order valence-corrected chi connectivity index (χ3v) is 11.4. The summed E-state index contributed by atoms with van der Waals surface area (Å²) in [5.74, 6) is 1.42. The van der Waals surface area contributed by atoms with E-state index in [4.69, 9.17) is 22.9 Å². The van der Waals surface area contributed by atoms with Crippen LogP contribution in [0, 0.1) is 13.8 Å². The molecule has 3 atom stereocenters. The Morgan fingerprint density at radius 3 is 1.84 bits per heavy atom. The van der Waals surface area contributed by atoms with Gasteiger partial charge in [-0.3, -0.25) is 18.6 Å². The van der Waals surface area contributed by atoms with Gasteiger partial charge < -0.3 is 28.4 Å². The molecule has 0 spiro atoms. The fourth-order valence-corrected chi connectivity index (χ4v) is 7.04. The number of phosphoric ester groups is 1. The van der Waals surface area contributed by atoms with Crippen LogP contribution in [-0.2, 0) is 45.5 Å². The highest BCUT2D eigenvalue weighted by molar-refractivity contribution is 7.47. The van der Waals surface area contributed by atoms with Crippen molar-refractivity contribution in [2.24, 2.45) is 0 Å². The van der Waals surface area contributed by atoms with Crippen molar-refractivity contribution in [3.8, 4) is 0 Å². The SMILES string of the molecule is CCCCCc1oc(CCCCCCCCCCC(=O)OC[C@H](COP(=O)(O)OCC[N+](C)(C)C)OC(=O)CCC/C=C\C/C=C\C/C=C\C/C=C\C=C\[C@H](O)CC)c(C)c1C. The Hall–Kier alpha value is -3.05. The van der Waals surface area contributed by atoms with Gasteiger partial charge in [0.05, 0.1) is 33.9 Å². The van der Waals surface area contributed by atoms with Gasteiger partial charge in [-0.1, -0.05) is 126 Å². The number of aliphatic hydroxyl groups is 1. The highest BCUT2D eigenvalue weighted by Gasteiger charge is 2.27. The third-order valence-electron chi connectivity index (χ3n) is 10.4. The molecule has 1 aromatic heterocycles. The number of furan rings is 1. The highest BCUT2D eigenvalue weighted by atomic mass is 31.2. The Labute approximate surface area is 375 Å². The quantitative estimate of drug-likeness (QED) is 0.0165. The molecule has 1 aromatic rings. The van der Waals surface area contributed by atoms with E-state index in [1.807, 2.05) is 52.4 Å². The lowest BCUT2D eigenvalue weighted by Crippen LogP contribution is -2.37. The summed E-state index contributed by atoms with van der Waals surface area (Å²) in [5, 5.41) is 9.50. The van der Waals surface area contributed by atoms with Crippen LogP contribution in [0.1, 0.15) is 158 Å². The zero-order valence-electron chi connectivity index (χ0n) is 39.7. The van der Waals surface area contributed by atoms with E-state index >= 15 is 0 Å². The van der Waals surface area contributed by atoms with Crippen LogP contribution in [0.4, 0.5) is 0 Å². The summed E-state index contributed by atoms with van der Waals surface area (Å²) in [5.41, 5.74) is 2.65. The predicted molar refractivity (Wildman–Crippen MR) is 252 cm³/mol. The van der Waals surface area contributed by atoms with Crippen molar-refractivity contribution in [2.75, 3.05) is 47.5 Å². The summed E-state index contributed by atoms with van der Waals surface area (Å²) in [4.78, 5) is 35.5. The highest BCUT2D eigenvalue weighted by Crippen LogP contribution is 2.43. The van der Waals surface area contributed by atoms with Gasteiger partial charge in [-0.05, 0) is 82.8 Å². The molecule has 0 bridgehead atoms. The Balaban J connectivity index is 2.39. The number of hydrogen-bond acceptors (Lipinski definition) is 9. The minimum absolute atomic E-state index is 0.00514. The Bertz CT molecular complexity index is 1540. The fourth-order valence-electron chi connectivity index (χ4n) is 6.30. The maximum atomic E-state index is 12.7. The van der Waals surface area contributed by atoms with Crippen LogP contribution in [-0.4, -0.2) is 86.1 Å². The first-order chi connectivity index (χ1) is 29.7. The van der Waals surface area contributed by atoms with Crippen LogP contribution in [0.3, 0.4) is 0 Å². The van der Waals surface area contributed by atoms with Crippen molar-refractivity contribution in [3.63, 3.8) is 0 Å². The monoisotopic (exact) mass is 891 g/mol. The normalized spacial score (nSPS) is 14.5. The molecule has 1 heterocycles. The predicted octanol–water partition coefficient (Wildman–Crippen LogP) is 11.9. The molecule has 11 nitrogen and oxygen atoms in total. The molecule has 0 radical (unpaired) electrons. The second kappa shape index (κ2) is 35.3. The molecule has 62 heavy (non-hydrogen) atoms. The van der Waals surface area contributed by atoms with Crippen molar-refractivity contribution in [1.29, 1.82) is 0 Å². The van der Waals surface area contributed by atoms with Gasteiger partial charge in [0.2, 0.25) is 0 Å². The van der Waals surface area contributed by atoms with Crippen molar-refractivity contribution >= 4 is 19.8 Å². The number of allylic oxidation sites excluding steroid dienone is 9. The first-order valence-electron chi connectivity index (χ1n) is 23.5. The molecule has 2 N–H and O–H groups in total. The number of aryl methyl sites for hydroxylation is 2. The van der Waals surface area contributed by atoms with Crippen LogP contribution in [0.5, 0.6) is 0 Å². The number of hydrogen-bond donors (Lipinski definition) is 2. The third kappa shape index (κ3) is 31.7. The molecule has 0 aliphatic rings. The van der Waals surface area contributed by atoms with Gasteiger partial charge in [0.1, 0.15) is 31.3 Å². The number of carbonyl (C=O) groups is 2. The molecule has 12 heteroatoms. The van der Waals surface area contributed by atoms with Gasteiger partial charge in [-0.25, -0.2) is 4.57 Å². The molecule has 0 saturated heterocycles. The van der Waals surface area contributed by atoms with Gasteiger partial charge in [-0.15, -0.1) is 0 Å². The summed E-state index contributed by atoms with van der Waals surface area (Å²) in [6.45, 7) is 8.30. The summed E-state index contributed by atoms with van der Waals surface area (Å²) < 4.78 is 40.5. The van der Waals surface area contributed by atoms with E-state index in [0.717, 1.165) is 63.5 Å². The maximum absolute atomic E-state index is 12.7. The molecule has 0 aliphatic heterocycles. The van der Waals surface area contributed by atoms with Gasteiger partial charge in [-0.2, -0.15) is 0 Å². The summed E-state index contributed by atoms with van der Waals surface area (Å²) >= 11 is 0. The minimum Gasteiger partial charge on any atom is -0.466 e. The molecule has 0 fully saturated rings. The average Bonchev–Trinajstić information content (AvgIpc) is 3.49. The molecule has 354 valence electrons. The molecular weight excluding hydrogens is 806 g/mol. The number of nitrogens with zero attached hydrogens (tertiary/aromatic N) is 1. The van der Waals surface area contributed by atoms with Crippen LogP contribution >= 0.6 is 7.82 Å². The number of esters is 2. The number of ether oxygens (including phenoxy) is 2. The number of carbonyl (C=O) groups excluding carboxylic acids is 2. The smallest absolute Gasteiger partial charge is 0.466 e. The van der Waals surface area contributed by atoms with Gasteiger partial charge >= 0.3 is 19.8 Å². The number of likely N-dealkylation sites (N-methyl/N-ethyl adjacent to an activating group) is 1.